The van der Waals surface area contributed by atoms with E-state index < -0.39 is 8.25 Å². The van der Waals surface area contributed by atoms with Crippen LogP contribution in [0.25, 0.3) is 0 Å². The topological polar surface area (TPSA) is 46.5 Å². The largest absolute Gasteiger partial charge is 0.695 e. The van der Waals surface area contributed by atoms with Crippen LogP contribution < -0.4 is 0 Å². The molecule has 0 aliphatic heterocycles. The molecule has 4 heteroatoms. The van der Waals surface area contributed by atoms with Crippen molar-refractivity contribution >= 4 is 8.25 Å². The minimum atomic E-state index is -2.54. The van der Waals surface area contributed by atoms with E-state index in [1.165, 1.54) is 16.7 Å². The van der Waals surface area contributed by atoms with Crippen LogP contribution in [-0.2, 0) is 21.9 Å². The highest BCUT2D eigenvalue weighted by atomic mass is 31.1. The molecule has 1 unspecified atom stereocenters. The number of allylic oxidation sites excluding steroid dienone is 1. The van der Waals surface area contributed by atoms with Gasteiger partial charge in [0.25, 0.3) is 0 Å². The van der Waals surface area contributed by atoms with E-state index in [2.05, 4.69) is 24.3 Å². The molecule has 0 bridgehead atoms. The van der Waals surface area contributed by atoms with Gasteiger partial charge in [0, 0.05) is 4.57 Å². The van der Waals surface area contributed by atoms with Gasteiger partial charge in [0.1, 0.15) is 6.61 Å². The highest BCUT2D eigenvalue weighted by Gasteiger charge is 2.10. The van der Waals surface area contributed by atoms with Crippen molar-refractivity contribution in [3.05, 3.63) is 83.4 Å². The summed E-state index contributed by atoms with van der Waals surface area (Å²) in [7, 11) is -2.54. The van der Waals surface area contributed by atoms with E-state index in [4.69, 9.17) is 9.42 Å². The predicted octanol–water partition coefficient (Wildman–Crippen LogP) is 4.06. The fraction of sp³-hybridized carbons (Fsp3) is 0.176. The molecule has 0 heterocycles. The van der Waals surface area contributed by atoms with E-state index in [9.17, 15) is 4.57 Å². The van der Waals surface area contributed by atoms with Gasteiger partial charge in [0.05, 0.1) is 0 Å². The third kappa shape index (κ3) is 6.01. The molecule has 0 aliphatic carbocycles. The van der Waals surface area contributed by atoms with Gasteiger partial charge in [-0.05, 0) is 24.0 Å². The second-order valence-corrected chi connectivity index (χ2v) is 5.45. The average Bonchev–Trinajstić information content (AvgIpc) is 2.49. The summed E-state index contributed by atoms with van der Waals surface area (Å²) < 4.78 is 15.3. The molecule has 21 heavy (non-hydrogen) atoms. The van der Waals surface area contributed by atoms with E-state index in [1.54, 1.807) is 0 Å². The summed E-state index contributed by atoms with van der Waals surface area (Å²) in [4.78, 5) is 8.70. The monoisotopic (exact) mass is 301 g/mol. The lowest BCUT2D eigenvalue weighted by Gasteiger charge is -2.08. The van der Waals surface area contributed by atoms with Crippen LogP contribution in [0.3, 0.4) is 0 Å². The third-order valence-electron chi connectivity index (χ3n) is 3.11. The van der Waals surface area contributed by atoms with E-state index in [1.807, 2.05) is 42.5 Å². The average molecular weight is 301 g/mol. The van der Waals surface area contributed by atoms with Crippen molar-refractivity contribution in [2.45, 2.75) is 12.8 Å². The van der Waals surface area contributed by atoms with Crippen LogP contribution >= 0.6 is 8.25 Å². The van der Waals surface area contributed by atoms with Gasteiger partial charge < -0.3 is 0 Å². The Balaban J connectivity index is 2.08. The second kappa shape index (κ2) is 8.48. The molecule has 0 spiro atoms. The zero-order valence-corrected chi connectivity index (χ0v) is 12.6. The van der Waals surface area contributed by atoms with Crippen molar-refractivity contribution in [3.8, 4) is 0 Å². The Morgan fingerprint density at radius 1 is 0.952 bits per heavy atom. The molecule has 0 radical (unpaired) electrons. The fourth-order valence-electron chi connectivity index (χ4n) is 2.14. The third-order valence-corrected chi connectivity index (χ3v) is 3.47. The summed E-state index contributed by atoms with van der Waals surface area (Å²) in [6.45, 7) is 0.153. The molecule has 1 N–H and O–H groups in total. The van der Waals surface area contributed by atoms with Gasteiger partial charge in [0.2, 0.25) is 0 Å². The predicted molar refractivity (Wildman–Crippen MR) is 84.2 cm³/mol. The van der Waals surface area contributed by atoms with Crippen LogP contribution in [0.5, 0.6) is 0 Å². The Morgan fingerprint density at radius 3 is 1.86 bits per heavy atom. The Kier molecular flexibility index (Phi) is 6.29. The zero-order chi connectivity index (χ0) is 14.9. The number of hydrogen-bond donors (Lipinski definition) is 1. The molecular weight excluding hydrogens is 283 g/mol. The van der Waals surface area contributed by atoms with Crippen molar-refractivity contribution in [2.75, 3.05) is 6.61 Å². The Bertz CT molecular complexity index is 550. The highest BCUT2D eigenvalue weighted by molar-refractivity contribution is 7.32. The van der Waals surface area contributed by atoms with Crippen LogP contribution in [0.15, 0.2) is 72.3 Å². The van der Waals surface area contributed by atoms with E-state index >= 15 is 0 Å². The summed E-state index contributed by atoms with van der Waals surface area (Å²) in [5, 5.41) is 0. The quantitative estimate of drug-likeness (QED) is 0.619. The van der Waals surface area contributed by atoms with Crippen LogP contribution in [0.1, 0.15) is 11.1 Å². The van der Waals surface area contributed by atoms with Gasteiger partial charge in [-0.1, -0.05) is 72.3 Å². The van der Waals surface area contributed by atoms with Crippen LogP contribution in [-0.4, -0.2) is 11.5 Å². The molecule has 108 valence electrons. The maximum Gasteiger partial charge on any atom is 0.695 e. The minimum Gasteiger partial charge on any atom is -0.133 e. The molecular formula is C17H18O3P+. The molecule has 0 aliphatic rings. The van der Waals surface area contributed by atoms with Gasteiger partial charge in [-0.25, -0.2) is 0 Å². The summed E-state index contributed by atoms with van der Waals surface area (Å²) in [6.07, 6.45) is 3.51. The first-order chi connectivity index (χ1) is 10.2. The van der Waals surface area contributed by atoms with Crippen molar-refractivity contribution in [1.29, 1.82) is 0 Å². The van der Waals surface area contributed by atoms with Crippen LogP contribution in [0.4, 0.5) is 0 Å². The standard InChI is InChI=1S/C17H17O3P/c18-21(19)20-12-11-17(13-15-7-3-1-4-8-15)14-16-9-5-2-6-10-16/h1-11H,12-14H2/p+1. The zero-order valence-electron chi connectivity index (χ0n) is 11.7. The van der Waals surface area contributed by atoms with Crippen molar-refractivity contribution in [2.24, 2.45) is 0 Å². The molecule has 0 saturated heterocycles. The van der Waals surface area contributed by atoms with Gasteiger partial charge in [-0.3, -0.25) is 0 Å². The molecule has 0 fully saturated rings. The summed E-state index contributed by atoms with van der Waals surface area (Å²) in [5.41, 5.74) is 3.60. The van der Waals surface area contributed by atoms with E-state index in [0.29, 0.717) is 0 Å². The number of hydrogen-bond acceptors (Lipinski definition) is 2. The highest BCUT2D eigenvalue weighted by Crippen LogP contribution is 2.17. The lowest BCUT2D eigenvalue weighted by Crippen LogP contribution is -1.97. The Hall–Kier alpha value is -1.80. The first-order valence-corrected chi connectivity index (χ1v) is 7.92. The maximum absolute atomic E-state index is 10.6. The SMILES string of the molecule is O=[P+](O)OCC=C(Cc1ccccc1)Cc1ccccc1. The summed E-state index contributed by atoms with van der Waals surface area (Å²) in [6, 6.07) is 20.3. The second-order valence-electron chi connectivity index (χ2n) is 4.72. The molecule has 2 aromatic rings. The molecule has 2 aromatic carbocycles. The molecule has 0 saturated carbocycles. The molecule has 0 amide bonds. The van der Waals surface area contributed by atoms with Crippen molar-refractivity contribution in [1.82, 2.24) is 0 Å². The number of benzene rings is 2. The first kappa shape index (κ1) is 15.6. The molecule has 0 aromatic heterocycles. The van der Waals surface area contributed by atoms with Crippen molar-refractivity contribution in [3.63, 3.8) is 0 Å². The van der Waals surface area contributed by atoms with Gasteiger partial charge >= 0.3 is 8.25 Å². The Morgan fingerprint density at radius 2 is 1.43 bits per heavy atom. The lowest BCUT2D eigenvalue weighted by molar-refractivity contribution is 0.312. The maximum atomic E-state index is 10.6. The van der Waals surface area contributed by atoms with Gasteiger partial charge in [-0.2, -0.15) is 0 Å². The van der Waals surface area contributed by atoms with Gasteiger partial charge in [0.15, 0.2) is 0 Å². The summed E-state index contributed by atoms with van der Waals surface area (Å²) in [5.74, 6) is 0. The normalized spacial score (nSPS) is 11.0. The Labute approximate surface area is 125 Å². The minimum absolute atomic E-state index is 0.153. The first-order valence-electron chi connectivity index (χ1n) is 6.79. The van der Waals surface area contributed by atoms with E-state index in [-0.39, 0.29) is 6.61 Å². The smallest absolute Gasteiger partial charge is 0.133 e. The fourth-order valence-corrected chi connectivity index (χ4v) is 2.34. The molecule has 1 atom stereocenters. The van der Waals surface area contributed by atoms with Crippen LogP contribution in [0, 0.1) is 0 Å². The molecule has 3 nitrogen and oxygen atoms in total. The lowest BCUT2D eigenvalue weighted by atomic mass is 9.98. The van der Waals surface area contributed by atoms with E-state index in [0.717, 1.165) is 12.8 Å². The van der Waals surface area contributed by atoms with Crippen molar-refractivity contribution < 1.29 is 14.0 Å². The summed E-state index contributed by atoms with van der Waals surface area (Å²) >= 11 is 0. The molecule has 2 rings (SSSR count). The van der Waals surface area contributed by atoms with Crippen LogP contribution in [0.2, 0.25) is 0 Å². The number of rotatable bonds is 7. The van der Waals surface area contributed by atoms with Gasteiger partial charge in [-0.15, -0.1) is 9.42 Å².